The predicted molar refractivity (Wildman–Crippen MR) is 88.9 cm³/mol. The van der Waals surface area contributed by atoms with Crippen LogP contribution in [-0.2, 0) is 0 Å². The summed E-state index contributed by atoms with van der Waals surface area (Å²) >= 11 is 3.13. The van der Waals surface area contributed by atoms with E-state index in [0.29, 0.717) is 11.3 Å². The molecule has 0 saturated heterocycles. The summed E-state index contributed by atoms with van der Waals surface area (Å²) < 4.78 is 14.3. The lowest BCUT2D eigenvalue weighted by molar-refractivity contribution is 0.295. The van der Waals surface area contributed by atoms with Crippen LogP contribution in [0.15, 0.2) is 16.6 Å². The zero-order chi connectivity index (χ0) is 15.8. The van der Waals surface area contributed by atoms with Crippen molar-refractivity contribution in [3.8, 4) is 6.07 Å². The van der Waals surface area contributed by atoms with Gasteiger partial charge in [0.15, 0.2) is 5.82 Å². The fourth-order valence-electron chi connectivity index (χ4n) is 2.25. The second-order valence-electron chi connectivity index (χ2n) is 5.11. The number of nitriles is 1. The number of halogens is 2. The molecule has 1 aromatic rings. The first kappa shape index (κ1) is 17.9. The largest absolute Gasteiger partial charge is 0.380 e. The fourth-order valence-corrected chi connectivity index (χ4v) is 2.68. The van der Waals surface area contributed by atoms with E-state index in [-0.39, 0.29) is 10.5 Å². The van der Waals surface area contributed by atoms with Gasteiger partial charge in [0.05, 0.1) is 15.7 Å². The molecular formula is C16H23BrFN3. The second kappa shape index (κ2) is 9.01. The van der Waals surface area contributed by atoms with Crippen LogP contribution in [0, 0.1) is 17.1 Å². The summed E-state index contributed by atoms with van der Waals surface area (Å²) in [6.45, 7) is 9.57. The molecule has 0 aromatic heterocycles. The average Bonchev–Trinajstić information content (AvgIpc) is 2.49. The summed E-state index contributed by atoms with van der Waals surface area (Å²) in [7, 11) is 0. The molecular weight excluding hydrogens is 333 g/mol. The first-order valence-electron chi connectivity index (χ1n) is 7.40. The highest BCUT2D eigenvalue weighted by molar-refractivity contribution is 9.10. The van der Waals surface area contributed by atoms with Gasteiger partial charge < -0.3 is 10.2 Å². The molecule has 0 aliphatic heterocycles. The molecule has 0 fully saturated rings. The lowest BCUT2D eigenvalue weighted by atomic mass is 10.1. The highest BCUT2D eigenvalue weighted by Gasteiger charge is 2.13. The normalized spacial score (nSPS) is 12.2. The van der Waals surface area contributed by atoms with E-state index in [4.69, 9.17) is 5.26 Å². The third-order valence-electron chi connectivity index (χ3n) is 3.61. The summed E-state index contributed by atoms with van der Waals surface area (Å²) in [4.78, 5) is 2.38. The quantitative estimate of drug-likeness (QED) is 0.751. The molecule has 116 valence electrons. The molecule has 0 aliphatic rings. The van der Waals surface area contributed by atoms with E-state index in [1.807, 2.05) is 13.0 Å². The summed E-state index contributed by atoms with van der Waals surface area (Å²) in [6, 6.07) is 5.39. The van der Waals surface area contributed by atoms with Crippen LogP contribution in [0.2, 0.25) is 0 Å². The molecule has 1 aromatic carbocycles. The van der Waals surface area contributed by atoms with Crippen molar-refractivity contribution in [1.82, 2.24) is 4.90 Å². The Morgan fingerprint density at radius 2 is 2.05 bits per heavy atom. The number of anilines is 1. The minimum atomic E-state index is -0.398. The Balaban J connectivity index is 2.54. The molecule has 1 N–H and O–H groups in total. The van der Waals surface area contributed by atoms with Gasteiger partial charge in [-0.15, -0.1) is 0 Å². The fraction of sp³-hybridized carbons (Fsp3) is 0.562. The molecule has 0 amide bonds. The second-order valence-corrected chi connectivity index (χ2v) is 5.91. The molecule has 5 heteroatoms. The molecule has 0 bridgehead atoms. The van der Waals surface area contributed by atoms with E-state index in [1.165, 1.54) is 0 Å². The van der Waals surface area contributed by atoms with Gasteiger partial charge in [-0.25, -0.2) is 4.39 Å². The van der Waals surface area contributed by atoms with Crippen molar-refractivity contribution in [2.45, 2.75) is 39.7 Å². The van der Waals surface area contributed by atoms with Crippen molar-refractivity contribution in [3.05, 3.63) is 28.0 Å². The molecule has 0 aliphatic carbocycles. The van der Waals surface area contributed by atoms with Crippen LogP contribution >= 0.6 is 15.9 Å². The van der Waals surface area contributed by atoms with Crippen molar-refractivity contribution in [2.75, 3.05) is 25.0 Å². The average molecular weight is 356 g/mol. The summed E-state index contributed by atoms with van der Waals surface area (Å²) in [5, 5.41) is 12.0. The van der Waals surface area contributed by atoms with Gasteiger partial charge in [-0.3, -0.25) is 0 Å². The van der Waals surface area contributed by atoms with E-state index in [9.17, 15) is 4.39 Å². The van der Waals surface area contributed by atoms with Crippen LogP contribution in [0.5, 0.6) is 0 Å². The maximum absolute atomic E-state index is 14.1. The SMILES string of the molecule is CCN(CC)CCCC(C)Nc1ccc(C#N)c(Br)c1F. The smallest absolute Gasteiger partial charge is 0.161 e. The summed E-state index contributed by atoms with van der Waals surface area (Å²) in [6.07, 6.45) is 2.06. The summed E-state index contributed by atoms with van der Waals surface area (Å²) in [5.74, 6) is -0.398. The maximum atomic E-state index is 14.1. The Bertz CT molecular complexity index is 495. The van der Waals surface area contributed by atoms with Crippen LogP contribution < -0.4 is 5.32 Å². The van der Waals surface area contributed by atoms with Gasteiger partial charge >= 0.3 is 0 Å². The number of hydrogen-bond acceptors (Lipinski definition) is 3. The van der Waals surface area contributed by atoms with E-state index in [1.54, 1.807) is 12.1 Å². The molecule has 0 radical (unpaired) electrons. The highest BCUT2D eigenvalue weighted by atomic mass is 79.9. The van der Waals surface area contributed by atoms with Crippen molar-refractivity contribution >= 4 is 21.6 Å². The number of nitrogens with zero attached hydrogens (tertiary/aromatic N) is 2. The molecule has 0 spiro atoms. The highest BCUT2D eigenvalue weighted by Crippen LogP contribution is 2.27. The monoisotopic (exact) mass is 355 g/mol. The van der Waals surface area contributed by atoms with Crippen LogP contribution in [0.1, 0.15) is 39.2 Å². The van der Waals surface area contributed by atoms with Gasteiger partial charge in [-0.1, -0.05) is 13.8 Å². The Kier molecular flexibility index (Phi) is 7.69. The Hall–Kier alpha value is -1.12. The minimum Gasteiger partial charge on any atom is -0.380 e. The molecule has 0 saturated carbocycles. The number of benzene rings is 1. The van der Waals surface area contributed by atoms with Crippen LogP contribution in [0.25, 0.3) is 0 Å². The van der Waals surface area contributed by atoms with E-state index in [0.717, 1.165) is 32.5 Å². The number of rotatable bonds is 8. The van der Waals surface area contributed by atoms with E-state index < -0.39 is 5.82 Å². The predicted octanol–water partition coefficient (Wildman–Crippen LogP) is 4.38. The Labute approximate surface area is 135 Å². The van der Waals surface area contributed by atoms with E-state index in [2.05, 4.69) is 40.0 Å². The third-order valence-corrected chi connectivity index (χ3v) is 4.39. The standard InChI is InChI=1S/C16H23BrFN3/c1-4-21(5-2)10-6-7-12(3)20-14-9-8-13(11-19)15(17)16(14)18/h8-9,12,20H,4-7,10H2,1-3H3. The topological polar surface area (TPSA) is 39.1 Å². The maximum Gasteiger partial charge on any atom is 0.161 e. The Morgan fingerprint density at radius 1 is 1.38 bits per heavy atom. The van der Waals surface area contributed by atoms with Crippen LogP contribution in [0.4, 0.5) is 10.1 Å². The number of hydrogen-bond donors (Lipinski definition) is 1. The van der Waals surface area contributed by atoms with Gasteiger partial charge in [0.1, 0.15) is 6.07 Å². The van der Waals surface area contributed by atoms with Crippen molar-refractivity contribution in [3.63, 3.8) is 0 Å². The zero-order valence-corrected chi connectivity index (χ0v) is 14.5. The van der Waals surface area contributed by atoms with Gasteiger partial charge in [0, 0.05) is 6.04 Å². The van der Waals surface area contributed by atoms with Crippen LogP contribution in [0.3, 0.4) is 0 Å². The van der Waals surface area contributed by atoms with Crippen molar-refractivity contribution in [2.24, 2.45) is 0 Å². The first-order chi connectivity index (χ1) is 10.0. The van der Waals surface area contributed by atoms with Crippen LogP contribution in [-0.4, -0.2) is 30.6 Å². The van der Waals surface area contributed by atoms with E-state index >= 15 is 0 Å². The van der Waals surface area contributed by atoms with Gasteiger partial charge in [0.25, 0.3) is 0 Å². The lowest BCUT2D eigenvalue weighted by Gasteiger charge is -2.20. The molecule has 1 rings (SSSR count). The molecule has 21 heavy (non-hydrogen) atoms. The van der Waals surface area contributed by atoms with Crippen molar-refractivity contribution < 1.29 is 4.39 Å². The zero-order valence-electron chi connectivity index (χ0n) is 12.9. The third kappa shape index (κ3) is 5.29. The lowest BCUT2D eigenvalue weighted by Crippen LogP contribution is -2.25. The summed E-state index contributed by atoms with van der Waals surface area (Å²) in [5.41, 5.74) is 0.753. The van der Waals surface area contributed by atoms with Crippen molar-refractivity contribution in [1.29, 1.82) is 5.26 Å². The first-order valence-corrected chi connectivity index (χ1v) is 8.19. The van der Waals surface area contributed by atoms with Gasteiger partial charge in [-0.2, -0.15) is 5.26 Å². The molecule has 0 heterocycles. The molecule has 1 unspecified atom stereocenters. The van der Waals surface area contributed by atoms with Gasteiger partial charge in [0.2, 0.25) is 0 Å². The van der Waals surface area contributed by atoms with Gasteiger partial charge in [-0.05, 0) is 67.5 Å². The number of nitrogens with one attached hydrogen (secondary N) is 1. The molecule has 3 nitrogen and oxygen atoms in total. The Morgan fingerprint density at radius 3 is 2.62 bits per heavy atom. The molecule has 1 atom stereocenters. The minimum absolute atomic E-state index is 0.190.